The van der Waals surface area contributed by atoms with E-state index in [4.69, 9.17) is 5.11 Å². The van der Waals surface area contributed by atoms with Crippen LogP contribution in [-0.4, -0.2) is 42.1 Å². The molecule has 0 aliphatic carbocycles. The first kappa shape index (κ1) is 12.4. The number of nitrogens with zero attached hydrogens (tertiary/aromatic N) is 2. The number of hydrogen-bond acceptors (Lipinski definition) is 2. The Morgan fingerprint density at radius 1 is 1.22 bits per heavy atom. The Kier molecular flexibility index (Phi) is 3.50. The minimum absolute atomic E-state index is 0.138. The lowest BCUT2D eigenvalue weighted by atomic mass is 10.1. The van der Waals surface area contributed by atoms with E-state index >= 15 is 0 Å². The largest absolute Gasteiger partial charge is 0.478 e. The first-order valence-corrected chi connectivity index (χ1v) is 5.96. The van der Waals surface area contributed by atoms with Gasteiger partial charge in [0.25, 0.3) is 0 Å². The zero-order chi connectivity index (χ0) is 13.1. The molecule has 0 bridgehead atoms. The number of para-hydroxylation sites is 1. The molecule has 1 aromatic carbocycles. The maximum atomic E-state index is 12.2. The van der Waals surface area contributed by atoms with Crippen molar-refractivity contribution in [1.29, 1.82) is 0 Å². The lowest BCUT2D eigenvalue weighted by molar-refractivity contribution is 0.0697. The highest BCUT2D eigenvalue weighted by molar-refractivity contribution is 6.01. The van der Waals surface area contributed by atoms with Crippen LogP contribution in [0.4, 0.5) is 10.5 Å². The van der Waals surface area contributed by atoms with Gasteiger partial charge < -0.3 is 10.0 Å². The molecule has 1 fully saturated rings. The van der Waals surface area contributed by atoms with Crippen molar-refractivity contribution < 1.29 is 14.7 Å². The highest BCUT2D eigenvalue weighted by atomic mass is 16.4. The molecule has 5 heteroatoms. The summed E-state index contributed by atoms with van der Waals surface area (Å²) < 4.78 is 0. The van der Waals surface area contributed by atoms with Gasteiger partial charge in [-0.15, -0.1) is 0 Å². The van der Waals surface area contributed by atoms with Crippen molar-refractivity contribution in [1.82, 2.24) is 4.90 Å². The molecule has 0 unspecified atom stereocenters. The van der Waals surface area contributed by atoms with Gasteiger partial charge in [-0.05, 0) is 25.0 Å². The van der Waals surface area contributed by atoms with Gasteiger partial charge in [0.1, 0.15) is 0 Å². The Balaban J connectivity index is 2.25. The summed E-state index contributed by atoms with van der Waals surface area (Å²) in [6, 6.07) is 6.40. The predicted molar refractivity (Wildman–Crippen MR) is 68.0 cm³/mol. The Bertz CT molecular complexity index is 467. The van der Waals surface area contributed by atoms with Gasteiger partial charge in [-0.25, -0.2) is 9.59 Å². The minimum atomic E-state index is -1.02. The third-order valence-electron chi connectivity index (χ3n) is 3.16. The molecule has 1 N–H and O–H groups in total. The van der Waals surface area contributed by atoms with E-state index in [9.17, 15) is 9.59 Å². The number of aromatic carboxylic acids is 1. The van der Waals surface area contributed by atoms with E-state index in [0.717, 1.165) is 25.9 Å². The number of amides is 2. The van der Waals surface area contributed by atoms with E-state index in [-0.39, 0.29) is 11.6 Å². The number of hydrogen-bond donors (Lipinski definition) is 1. The quantitative estimate of drug-likeness (QED) is 0.871. The molecule has 1 heterocycles. The Labute approximate surface area is 106 Å². The van der Waals surface area contributed by atoms with Gasteiger partial charge in [0.15, 0.2) is 0 Å². The number of urea groups is 1. The maximum Gasteiger partial charge on any atom is 0.337 e. The molecule has 96 valence electrons. The first-order valence-electron chi connectivity index (χ1n) is 5.96. The van der Waals surface area contributed by atoms with Crippen molar-refractivity contribution in [2.24, 2.45) is 0 Å². The predicted octanol–water partition coefficient (Wildman–Crippen LogP) is 2.04. The zero-order valence-electron chi connectivity index (χ0n) is 10.3. The summed E-state index contributed by atoms with van der Waals surface area (Å²) in [4.78, 5) is 26.5. The Morgan fingerprint density at radius 2 is 1.83 bits per heavy atom. The maximum absolute atomic E-state index is 12.2. The molecular weight excluding hydrogens is 232 g/mol. The van der Waals surface area contributed by atoms with Crippen LogP contribution in [0.25, 0.3) is 0 Å². The second-order valence-corrected chi connectivity index (χ2v) is 4.36. The van der Waals surface area contributed by atoms with Crippen molar-refractivity contribution in [3.63, 3.8) is 0 Å². The number of likely N-dealkylation sites (tertiary alicyclic amines) is 1. The van der Waals surface area contributed by atoms with Crippen LogP contribution < -0.4 is 4.90 Å². The number of carbonyl (C=O) groups excluding carboxylic acids is 1. The summed E-state index contributed by atoms with van der Waals surface area (Å²) in [5.41, 5.74) is 0.578. The van der Waals surface area contributed by atoms with Crippen molar-refractivity contribution >= 4 is 17.7 Å². The number of benzene rings is 1. The molecule has 1 saturated heterocycles. The molecule has 2 rings (SSSR count). The summed E-state index contributed by atoms with van der Waals surface area (Å²) in [7, 11) is 1.61. The van der Waals surface area contributed by atoms with Gasteiger partial charge in [-0.3, -0.25) is 4.90 Å². The molecule has 1 aliphatic rings. The van der Waals surface area contributed by atoms with Crippen LogP contribution in [0.3, 0.4) is 0 Å². The van der Waals surface area contributed by atoms with Gasteiger partial charge in [0.05, 0.1) is 11.3 Å². The summed E-state index contributed by atoms with van der Waals surface area (Å²) in [5.74, 6) is -1.02. The second-order valence-electron chi connectivity index (χ2n) is 4.36. The standard InChI is InChI=1S/C13H16N2O3/c1-14(13(18)15-8-4-5-9-15)11-7-3-2-6-10(11)12(16)17/h2-3,6-7H,4-5,8-9H2,1H3,(H,16,17). The average molecular weight is 248 g/mol. The van der Waals surface area contributed by atoms with E-state index in [1.165, 1.54) is 11.0 Å². The fourth-order valence-corrected chi connectivity index (χ4v) is 2.17. The van der Waals surface area contributed by atoms with Crippen molar-refractivity contribution in [2.45, 2.75) is 12.8 Å². The van der Waals surface area contributed by atoms with Crippen LogP contribution in [-0.2, 0) is 0 Å². The molecule has 18 heavy (non-hydrogen) atoms. The molecule has 2 amide bonds. The normalized spacial score (nSPS) is 14.6. The lowest BCUT2D eigenvalue weighted by Crippen LogP contribution is -2.40. The highest BCUT2D eigenvalue weighted by Gasteiger charge is 2.24. The molecular formula is C13H16N2O3. The fourth-order valence-electron chi connectivity index (χ4n) is 2.17. The van der Waals surface area contributed by atoms with E-state index in [2.05, 4.69) is 0 Å². The third-order valence-corrected chi connectivity index (χ3v) is 3.16. The van der Waals surface area contributed by atoms with E-state index in [1.54, 1.807) is 30.1 Å². The van der Waals surface area contributed by atoms with Crippen LogP contribution in [0.5, 0.6) is 0 Å². The lowest BCUT2D eigenvalue weighted by Gasteiger charge is -2.25. The number of anilines is 1. The Morgan fingerprint density at radius 3 is 2.44 bits per heavy atom. The van der Waals surface area contributed by atoms with Gasteiger partial charge >= 0.3 is 12.0 Å². The monoisotopic (exact) mass is 248 g/mol. The number of rotatable bonds is 2. The van der Waals surface area contributed by atoms with Crippen LogP contribution in [0.15, 0.2) is 24.3 Å². The summed E-state index contributed by atoms with van der Waals surface area (Å²) in [6.45, 7) is 1.50. The van der Waals surface area contributed by atoms with E-state index in [0.29, 0.717) is 5.69 Å². The van der Waals surface area contributed by atoms with Crippen molar-refractivity contribution in [3.8, 4) is 0 Å². The second kappa shape index (κ2) is 5.08. The fraction of sp³-hybridized carbons (Fsp3) is 0.385. The average Bonchev–Trinajstić information content (AvgIpc) is 2.90. The van der Waals surface area contributed by atoms with Crippen molar-refractivity contribution in [2.75, 3.05) is 25.0 Å². The molecule has 0 atom stereocenters. The zero-order valence-corrected chi connectivity index (χ0v) is 10.3. The summed E-state index contributed by atoms with van der Waals surface area (Å²) >= 11 is 0. The molecule has 0 radical (unpaired) electrons. The molecule has 0 spiro atoms. The number of carbonyl (C=O) groups is 2. The van der Waals surface area contributed by atoms with E-state index < -0.39 is 5.97 Å². The molecule has 5 nitrogen and oxygen atoms in total. The van der Waals surface area contributed by atoms with Gasteiger partial charge in [0.2, 0.25) is 0 Å². The summed E-state index contributed by atoms with van der Waals surface area (Å²) in [5, 5.41) is 9.11. The number of carboxylic acid groups (broad SMARTS) is 1. The van der Waals surface area contributed by atoms with Gasteiger partial charge in [-0.1, -0.05) is 12.1 Å². The van der Waals surface area contributed by atoms with Gasteiger partial charge in [-0.2, -0.15) is 0 Å². The van der Waals surface area contributed by atoms with E-state index in [1.807, 2.05) is 0 Å². The summed E-state index contributed by atoms with van der Waals surface area (Å²) in [6.07, 6.45) is 2.03. The minimum Gasteiger partial charge on any atom is -0.478 e. The van der Waals surface area contributed by atoms with Crippen LogP contribution in [0.1, 0.15) is 23.2 Å². The van der Waals surface area contributed by atoms with Gasteiger partial charge in [0, 0.05) is 20.1 Å². The van der Waals surface area contributed by atoms with Crippen molar-refractivity contribution in [3.05, 3.63) is 29.8 Å². The molecule has 1 aromatic rings. The topological polar surface area (TPSA) is 60.9 Å². The van der Waals surface area contributed by atoms with Crippen LogP contribution in [0, 0.1) is 0 Å². The molecule has 0 aromatic heterocycles. The van der Waals surface area contributed by atoms with Crippen LogP contribution >= 0.6 is 0 Å². The third kappa shape index (κ3) is 2.30. The molecule has 1 aliphatic heterocycles. The Hall–Kier alpha value is -2.04. The SMILES string of the molecule is CN(C(=O)N1CCCC1)c1ccccc1C(=O)O. The first-order chi connectivity index (χ1) is 8.61. The highest BCUT2D eigenvalue weighted by Crippen LogP contribution is 2.21. The molecule has 0 saturated carbocycles. The number of carboxylic acids is 1. The smallest absolute Gasteiger partial charge is 0.337 e. The van der Waals surface area contributed by atoms with Crippen LogP contribution in [0.2, 0.25) is 0 Å².